The fourth-order valence-corrected chi connectivity index (χ4v) is 3.44. The van der Waals surface area contributed by atoms with Crippen molar-refractivity contribution in [1.82, 2.24) is 4.90 Å². The summed E-state index contributed by atoms with van der Waals surface area (Å²) in [4.78, 5) is 17.4. The van der Waals surface area contributed by atoms with Crippen LogP contribution in [0.2, 0.25) is 0 Å². The number of hydrogen-bond acceptors (Lipinski definition) is 4. The summed E-state index contributed by atoms with van der Waals surface area (Å²) in [7, 11) is 0. The van der Waals surface area contributed by atoms with Crippen molar-refractivity contribution < 1.29 is 19.0 Å². The normalized spacial score (nSPS) is 14.7. The van der Waals surface area contributed by atoms with Crippen LogP contribution in [-0.4, -0.2) is 62.0 Å². The van der Waals surface area contributed by atoms with Crippen molar-refractivity contribution in [3.05, 3.63) is 54.3 Å². The lowest BCUT2D eigenvalue weighted by Crippen LogP contribution is -2.49. The minimum Gasteiger partial charge on any atom is -0.492 e. The van der Waals surface area contributed by atoms with E-state index in [9.17, 15) is 14.3 Å². The summed E-state index contributed by atoms with van der Waals surface area (Å²) in [5, 5.41) is 9.67. The van der Waals surface area contributed by atoms with Crippen LogP contribution in [0.3, 0.4) is 0 Å². The van der Waals surface area contributed by atoms with Gasteiger partial charge in [-0.1, -0.05) is 24.3 Å². The third-order valence-electron chi connectivity index (χ3n) is 4.89. The van der Waals surface area contributed by atoms with E-state index in [4.69, 9.17) is 4.74 Å². The van der Waals surface area contributed by atoms with E-state index in [2.05, 4.69) is 4.90 Å². The summed E-state index contributed by atoms with van der Waals surface area (Å²) in [6.45, 7) is 6.24. The van der Waals surface area contributed by atoms with Crippen molar-refractivity contribution in [1.29, 1.82) is 0 Å². The Morgan fingerprint density at radius 2 is 1.79 bits per heavy atom. The Balaban J connectivity index is 1.59. The molecule has 1 fully saturated rings. The molecular formula is C21H26FN3O3. The second-order valence-corrected chi connectivity index (χ2v) is 6.62. The van der Waals surface area contributed by atoms with Gasteiger partial charge in [-0.25, -0.2) is 9.18 Å². The zero-order chi connectivity index (χ0) is 19.9. The second-order valence-electron chi connectivity index (χ2n) is 6.62. The first kappa shape index (κ1) is 19.9. The molecule has 0 aliphatic carbocycles. The lowest BCUT2D eigenvalue weighted by atomic mass is 10.2. The number of hydrogen-bond donors (Lipinski definition) is 1. The van der Waals surface area contributed by atoms with Gasteiger partial charge in [0, 0.05) is 39.3 Å². The SMILES string of the molecule is CCOc1ccccc1N(CCN1CCN(c2ccccc2F)CC1)C(=O)O. The first-order valence-corrected chi connectivity index (χ1v) is 9.54. The Morgan fingerprint density at radius 1 is 1.11 bits per heavy atom. The Labute approximate surface area is 164 Å². The maximum atomic E-state index is 14.0. The number of benzene rings is 2. The van der Waals surface area contributed by atoms with Crippen LogP contribution in [0, 0.1) is 5.82 Å². The number of anilines is 2. The van der Waals surface area contributed by atoms with E-state index in [1.165, 1.54) is 11.0 Å². The molecule has 0 radical (unpaired) electrons. The van der Waals surface area contributed by atoms with Gasteiger partial charge in [0.15, 0.2) is 0 Å². The largest absolute Gasteiger partial charge is 0.492 e. The molecule has 150 valence electrons. The average molecular weight is 387 g/mol. The number of nitrogens with zero attached hydrogens (tertiary/aromatic N) is 3. The molecule has 0 saturated carbocycles. The molecule has 2 aromatic carbocycles. The van der Waals surface area contributed by atoms with Crippen molar-refractivity contribution >= 4 is 17.5 Å². The number of carboxylic acid groups (broad SMARTS) is 1. The van der Waals surface area contributed by atoms with E-state index < -0.39 is 6.09 Å². The average Bonchev–Trinajstić information content (AvgIpc) is 2.70. The van der Waals surface area contributed by atoms with Crippen molar-refractivity contribution in [2.75, 3.05) is 55.7 Å². The summed E-state index contributed by atoms with van der Waals surface area (Å²) < 4.78 is 19.5. The van der Waals surface area contributed by atoms with Crippen molar-refractivity contribution in [3.63, 3.8) is 0 Å². The van der Waals surface area contributed by atoms with E-state index in [0.29, 0.717) is 49.9 Å². The Bertz CT molecular complexity index is 794. The van der Waals surface area contributed by atoms with E-state index in [1.54, 1.807) is 30.3 Å². The zero-order valence-electron chi connectivity index (χ0n) is 16.1. The minimum absolute atomic E-state index is 0.208. The molecule has 28 heavy (non-hydrogen) atoms. The third kappa shape index (κ3) is 4.72. The predicted molar refractivity (Wildman–Crippen MR) is 108 cm³/mol. The summed E-state index contributed by atoms with van der Waals surface area (Å²) >= 11 is 0. The fraction of sp³-hybridized carbons (Fsp3) is 0.381. The van der Waals surface area contributed by atoms with Crippen LogP contribution < -0.4 is 14.5 Å². The third-order valence-corrected chi connectivity index (χ3v) is 4.89. The van der Waals surface area contributed by atoms with Gasteiger partial charge in [-0.2, -0.15) is 0 Å². The number of ether oxygens (including phenoxy) is 1. The van der Waals surface area contributed by atoms with Crippen molar-refractivity contribution in [2.45, 2.75) is 6.92 Å². The van der Waals surface area contributed by atoms with Gasteiger partial charge in [-0.05, 0) is 31.2 Å². The molecule has 3 rings (SSSR count). The molecule has 0 aromatic heterocycles. The van der Waals surface area contributed by atoms with Crippen molar-refractivity contribution in [2.24, 2.45) is 0 Å². The molecule has 0 spiro atoms. The number of amides is 1. The Morgan fingerprint density at radius 3 is 2.46 bits per heavy atom. The molecule has 1 aliphatic heterocycles. The molecule has 1 heterocycles. The summed E-state index contributed by atoms with van der Waals surface area (Å²) in [6.07, 6.45) is -1.00. The topological polar surface area (TPSA) is 56.2 Å². The molecule has 0 unspecified atom stereocenters. The van der Waals surface area contributed by atoms with Gasteiger partial charge in [0.25, 0.3) is 0 Å². The van der Waals surface area contributed by atoms with Crippen LogP contribution in [0.15, 0.2) is 48.5 Å². The zero-order valence-corrected chi connectivity index (χ0v) is 16.1. The highest BCUT2D eigenvalue weighted by molar-refractivity contribution is 5.88. The number of piperazine rings is 1. The van der Waals surface area contributed by atoms with E-state index >= 15 is 0 Å². The van der Waals surface area contributed by atoms with Gasteiger partial charge in [0.1, 0.15) is 11.6 Å². The summed E-state index contributed by atoms with van der Waals surface area (Å²) in [5.74, 6) is 0.359. The summed E-state index contributed by atoms with van der Waals surface area (Å²) in [5.41, 5.74) is 1.18. The molecule has 1 saturated heterocycles. The van der Waals surface area contributed by atoms with Gasteiger partial charge in [0.2, 0.25) is 0 Å². The standard InChI is InChI=1S/C21H26FN3O3/c1-2-28-20-10-6-5-9-19(20)25(21(26)27)16-13-23-11-14-24(15-12-23)18-8-4-3-7-17(18)22/h3-10H,2,11-16H2,1H3,(H,26,27). The number of rotatable bonds is 7. The molecule has 0 atom stereocenters. The number of para-hydroxylation sites is 3. The lowest BCUT2D eigenvalue weighted by Gasteiger charge is -2.37. The van der Waals surface area contributed by atoms with Gasteiger partial charge in [-0.15, -0.1) is 0 Å². The van der Waals surface area contributed by atoms with Crippen LogP contribution in [0.5, 0.6) is 5.75 Å². The van der Waals surface area contributed by atoms with Gasteiger partial charge < -0.3 is 14.7 Å². The Kier molecular flexibility index (Phi) is 6.71. The maximum absolute atomic E-state index is 14.0. The predicted octanol–water partition coefficient (Wildman–Crippen LogP) is 3.53. The molecule has 2 aromatic rings. The lowest BCUT2D eigenvalue weighted by molar-refractivity contribution is 0.198. The van der Waals surface area contributed by atoms with E-state index in [1.807, 2.05) is 24.0 Å². The molecular weight excluding hydrogens is 361 g/mol. The van der Waals surface area contributed by atoms with Crippen LogP contribution in [0.25, 0.3) is 0 Å². The first-order valence-electron chi connectivity index (χ1n) is 9.54. The number of halogens is 1. The number of carbonyl (C=O) groups is 1. The second kappa shape index (κ2) is 9.41. The van der Waals surface area contributed by atoms with E-state index in [-0.39, 0.29) is 5.82 Å². The van der Waals surface area contributed by atoms with Crippen LogP contribution in [0.1, 0.15) is 6.92 Å². The molecule has 0 bridgehead atoms. The van der Waals surface area contributed by atoms with Crippen molar-refractivity contribution in [3.8, 4) is 5.75 Å². The quantitative estimate of drug-likeness (QED) is 0.788. The molecule has 1 N–H and O–H groups in total. The highest BCUT2D eigenvalue weighted by atomic mass is 19.1. The van der Waals surface area contributed by atoms with Gasteiger partial charge in [0.05, 0.1) is 18.0 Å². The highest BCUT2D eigenvalue weighted by Gasteiger charge is 2.22. The van der Waals surface area contributed by atoms with E-state index in [0.717, 1.165) is 13.1 Å². The smallest absolute Gasteiger partial charge is 0.411 e. The summed E-state index contributed by atoms with van der Waals surface area (Å²) in [6, 6.07) is 14.0. The monoisotopic (exact) mass is 387 g/mol. The highest BCUT2D eigenvalue weighted by Crippen LogP contribution is 2.28. The van der Waals surface area contributed by atoms with Crippen LogP contribution in [-0.2, 0) is 0 Å². The molecule has 6 nitrogen and oxygen atoms in total. The molecule has 1 aliphatic rings. The Hall–Kier alpha value is -2.80. The molecule has 7 heteroatoms. The van der Waals surface area contributed by atoms with Gasteiger partial charge in [-0.3, -0.25) is 9.80 Å². The minimum atomic E-state index is -1.00. The molecule has 1 amide bonds. The maximum Gasteiger partial charge on any atom is 0.411 e. The van der Waals surface area contributed by atoms with Crippen LogP contribution >= 0.6 is 0 Å². The first-order chi connectivity index (χ1) is 13.6. The van der Waals surface area contributed by atoms with Crippen LogP contribution in [0.4, 0.5) is 20.6 Å². The van der Waals surface area contributed by atoms with Gasteiger partial charge >= 0.3 is 6.09 Å². The fourth-order valence-electron chi connectivity index (χ4n) is 3.44.